The Bertz CT molecular complexity index is 422. The first kappa shape index (κ1) is 12.6. The number of nitrogens with one attached hydrogen (secondary N) is 3. The Kier molecular flexibility index (Phi) is 4.20. The number of rotatable bonds is 6. The van der Waals surface area contributed by atoms with E-state index in [0.29, 0.717) is 13.0 Å². The SMILES string of the molecule is O=S(=O)(CC1CCCN1)NCCc1ccc[nH]1. The average Bonchev–Trinajstić information content (AvgIpc) is 2.89. The van der Waals surface area contributed by atoms with Crippen LogP contribution < -0.4 is 10.0 Å². The molecule has 5 nitrogen and oxygen atoms in total. The van der Waals surface area contributed by atoms with Crippen molar-refractivity contribution in [1.82, 2.24) is 15.0 Å². The van der Waals surface area contributed by atoms with E-state index in [2.05, 4.69) is 15.0 Å². The molecule has 1 aromatic heterocycles. The van der Waals surface area contributed by atoms with Crippen LogP contribution in [-0.4, -0.2) is 38.3 Å². The standard InChI is InChI=1S/C11H19N3O2S/c15-17(16,9-11-4-2-7-13-11)14-8-5-10-3-1-6-12-10/h1,3,6,11-14H,2,4-5,7-9H2. The molecular formula is C11H19N3O2S. The first-order chi connectivity index (χ1) is 8.16. The van der Waals surface area contributed by atoms with E-state index in [-0.39, 0.29) is 11.8 Å². The minimum atomic E-state index is -3.14. The van der Waals surface area contributed by atoms with Crippen molar-refractivity contribution < 1.29 is 8.42 Å². The Hall–Kier alpha value is -0.850. The van der Waals surface area contributed by atoms with Crippen LogP contribution in [0.2, 0.25) is 0 Å². The molecule has 1 saturated heterocycles. The normalized spacial score (nSPS) is 20.8. The lowest BCUT2D eigenvalue weighted by Crippen LogP contribution is -2.37. The number of H-pyrrole nitrogens is 1. The van der Waals surface area contributed by atoms with E-state index in [1.54, 1.807) is 0 Å². The topological polar surface area (TPSA) is 74.0 Å². The van der Waals surface area contributed by atoms with Gasteiger partial charge in [0.05, 0.1) is 5.75 Å². The molecule has 3 N–H and O–H groups in total. The molecule has 17 heavy (non-hydrogen) atoms. The minimum Gasteiger partial charge on any atom is -0.365 e. The van der Waals surface area contributed by atoms with E-state index in [9.17, 15) is 8.42 Å². The van der Waals surface area contributed by atoms with Crippen LogP contribution >= 0.6 is 0 Å². The van der Waals surface area contributed by atoms with Crippen molar-refractivity contribution in [2.24, 2.45) is 0 Å². The van der Waals surface area contributed by atoms with Crippen LogP contribution in [0.5, 0.6) is 0 Å². The van der Waals surface area contributed by atoms with Gasteiger partial charge in [-0.3, -0.25) is 0 Å². The third-order valence-corrected chi connectivity index (χ3v) is 4.45. The summed E-state index contributed by atoms with van der Waals surface area (Å²) in [5.41, 5.74) is 1.05. The second-order valence-corrected chi connectivity index (χ2v) is 6.27. The van der Waals surface area contributed by atoms with Crippen molar-refractivity contribution in [3.05, 3.63) is 24.0 Å². The zero-order valence-corrected chi connectivity index (χ0v) is 10.6. The fourth-order valence-corrected chi connectivity index (χ4v) is 3.43. The molecule has 96 valence electrons. The van der Waals surface area contributed by atoms with E-state index in [0.717, 1.165) is 25.1 Å². The Morgan fingerprint density at radius 1 is 1.47 bits per heavy atom. The molecule has 0 radical (unpaired) electrons. The molecule has 6 heteroatoms. The minimum absolute atomic E-state index is 0.123. The van der Waals surface area contributed by atoms with Crippen LogP contribution in [0.25, 0.3) is 0 Å². The zero-order valence-electron chi connectivity index (χ0n) is 9.78. The Balaban J connectivity index is 1.73. The highest BCUT2D eigenvalue weighted by Crippen LogP contribution is 2.06. The van der Waals surface area contributed by atoms with Gasteiger partial charge in [-0.2, -0.15) is 0 Å². The summed E-state index contributed by atoms with van der Waals surface area (Å²) in [5, 5.41) is 3.19. The van der Waals surface area contributed by atoms with Crippen LogP contribution in [-0.2, 0) is 16.4 Å². The van der Waals surface area contributed by atoms with Crippen LogP contribution in [0.4, 0.5) is 0 Å². The molecule has 0 saturated carbocycles. The van der Waals surface area contributed by atoms with Gasteiger partial charge in [0.15, 0.2) is 0 Å². The predicted octanol–water partition coefficient (Wildman–Crippen LogP) is 0.229. The van der Waals surface area contributed by atoms with Gasteiger partial charge in [-0.1, -0.05) is 0 Å². The second-order valence-electron chi connectivity index (χ2n) is 4.41. The van der Waals surface area contributed by atoms with E-state index in [1.807, 2.05) is 18.3 Å². The molecule has 0 aliphatic carbocycles. The molecule has 1 aromatic rings. The summed E-state index contributed by atoms with van der Waals surface area (Å²) in [6, 6.07) is 3.98. The van der Waals surface area contributed by atoms with Crippen LogP contribution in [0.1, 0.15) is 18.5 Å². The van der Waals surface area contributed by atoms with E-state index in [1.165, 1.54) is 0 Å². The molecule has 1 unspecified atom stereocenters. The highest BCUT2D eigenvalue weighted by atomic mass is 32.2. The molecule has 0 spiro atoms. The van der Waals surface area contributed by atoms with Crippen LogP contribution in [0, 0.1) is 0 Å². The maximum absolute atomic E-state index is 11.8. The van der Waals surface area contributed by atoms with Gasteiger partial charge in [0.1, 0.15) is 0 Å². The number of aromatic nitrogens is 1. The Morgan fingerprint density at radius 3 is 3.00 bits per heavy atom. The molecule has 0 amide bonds. The highest BCUT2D eigenvalue weighted by molar-refractivity contribution is 7.89. The Morgan fingerprint density at radius 2 is 2.35 bits per heavy atom. The number of hydrogen-bond donors (Lipinski definition) is 3. The smallest absolute Gasteiger partial charge is 0.213 e. The molecule has 1 fully saturated rings. The molecule has 1 atom stereocenters. The number of sulfonamides is 1. The summed E-state index contributed by atoms with van der Waals surface area (Å²) in [6.45, 7) is 1.39. The molecule has 0 bridgehead atoms. The quantitative estimate of drug-likeness (QED) is 0.683. The van der Waals surface area contributed by atoms with Gasteiger partial charge in [0.25, 0.3) is 0 Å². The molecule has 1 aliphatic rings. The van der Waals surface area contributed by atoms with E-state index in [4.69, 9.17) is 0 Å². The monoisotopic (exact) mass is 257 g/mol. The third-order valence-electron chi connectivity index (χ3n) is 2.96. The summed E-state index contributed by atoms with van der Waals surface area (Å²) in [5.74, 6) is 0.192. The van der Waals surface area contributed by atoms with Crippen LogP contribution in [0.3, 0.4) is 0 Å². The molecule has 1 aliphatic heterocycles. The van der Waals surface area contributed by atoms with Gasteiger partial charge in [0.2, 0.25) is 10.0 Å². The van der Waals surface area contributed by atoms with Gasteiger partial charge >= 0.3 is 0 Å². The van der Waals surface area contributed by atoms with Gasteiger partial charge in [-0.25, -0.2) is 13.1 Å². The maximum atomic E-state index is 11.8. The third kappa shape index (κ3) is 4.14. The molecule has 2 heterocycles. The van der Waals surface area contributed by atoms with Crippen molar-refractivity contribution in [2.75, 3.05) is 18.8 Å². The summed E-state index contributed by atoms with van der Waals surface area (Å²) in [6.07, 6.45) is 4.57. The summed E-state index contributed by atoms with van der Waals surface area (Å²) >= 11 is 0. The van der Waals surface area contributed by atoms with Crippen molar-refractivity contribution in [2.45, 2.75) is 25.3 Å². The predicted molar refractivity (Wildman–Crippen MR) is 67.3 cm³/mol. The Labute approximate surface area is 102 Å². The van der Waals surface area contributed by atoms with Crippen molar-refractivity contribution in [1.29, 1.82) is 0 Å². The van der Waals surface area contributed by atoms with E-state index < -0.39 is 10.0 Å². The van der Waals surface area contributed by atoms with Crippen LogP contribution in [0.15, 0.2) is 18.3 Å². The fraction of sp³-hybridized carbons (Fsp3) is 0.636. The largest absolute Gasteiger partial charge is 0.365 e. The van der Waals surface area contributed by atoms with Gasteiger partial charge < -0.3 is 10.3 Å². The first-order valence-electron chi connectivity index (χ1n) is 5.99. The summed E-state index contributed by atoms with van der Waals surface area (Å²) in [7, 11) is -3.14. The van der Waals surface area contributed by atoms with Gasteiger partial charge in [0, 0.05) is 30.9 Å². The second kappa shape index (κ2) is 5.66. The van der Waals surface area contributed by atoms with Gasteiger partial charge in [-0.15, -0.1) is 0 Å². The van der Waals surface area contributed by atoms with E-state index >= 15 is 0 Å². The lowest BCUT2D eigenvalue weighted by Gasteiger charge is -2.11. The first-order valence-corrected chi connectivity index (χ1v) is 7.64. The summed E-state index contributed by atoms with van der Waals surface area (Å²) in [4.78, 5) is 3.05. The maximum Gasteiger partial charge on any atom is 0.213 e. The lowest BCUT2D eigenvalue weighted by molar-refractivity contribution is 0.563. The summed E-state index contributed by atoms with van der Waals surface area (Å²) < 4.78 is 26.1. The molecule has 0 aromatic carbocycles. The average molecular weight is 257 g/mol. The van der Waals surface area contributed by atoms with Crippen molar-refractivity contribution in [3.8, 4) is 0 Å². The fourth-order valence-electron chi connectivity index (χ4n) is 2.09. The highest BCUT2D eigenvalue weighted by Gasteiger charge is 2.21. The van der Waals surface area contributed by atoms with Gasteiger partial charge in [-0.05, 0) is 31.5 Å². The molecular weight excluding hydrogens is 238 g/mol. The molecule has 2 rings (SSSR count). The number of aromatic amines is 1. The number of hydrogen-bond acceptors (Lipinski definition) is 3. The van der Waals surface area contributed by atoms with Crippen molar-refractivity contribution in [3.63, 3.8) is 0 Å². The zero-order chi connectivity index (χ0) is 12.1. The lowest BCUT2D eigenvalue weighted by atomic mass is 10.3. The van der Waals surface area contributed by atoms with Crippen molar-refractivity contribution >= 4 is 10.0 Å².